The van der Waals surface area contributed by atoms with E-state index in [1.165, 1.54) is 0 Å². The number of hydrogen-bond acceptors (Lipinski definition) is 3. The van der Waals surface area contributed by atoms with Crippen molar-refractivity contribution in [2.45, 2.75) is 39.2 Å². The maximum Gasteiger partial charge on any atom is 0.416 e. The van der Waals surface area contributed by atoms with Gasteiger partial charge in [-0.2, -0.15) is 0 Å². The van der Waals surface area contributed by atoms with Crippen LogP contribution >= 0.6 is 15.9 Å². The van der Waals surface area contributed by atoms with Gasteiger partial charge in [-0.3, -0.25) is 4.90 Å². The Labute approximate surface area is 115 Å². The average Bonchev–Trinajstić information content (AvgIpc) is 2.54. The monoisotopic (exact) mass is 312 g/mol. The lowest BCUT2D eigenvalue weighted by Gasteiger charge is -2.24. The van der Waals surface area contributed by atoms with E-state index < -0.39 is 5.60 Å². The number of hydrogen-bond donors (Lipinski definition) is 0. The molecule has 4 nitrogen and oxygen atoms in total. The summed E-state index contributed by atoms with van der Waals surface area (Å²) in [6.45, 7) is 8.28. The highest BCUT2D eigenvalue weighted by atomic mass is 79.9. The van der Waals surface area contributed by atoms with Gasteiger partial charge in [0, 0.05) is 28.7 Å². The quantitative estimate of drug-likeness (QED) is 0.733. The van der Waals surface area contributed by atoms with Crippen LogP contribution in [0, 0.1) is 0 Å². The van der Waals surface area contributed by atoms with E-state index in [1.807, 2.05) is 26.8 Å². The van der Waals surface area contributed by atoms with Gasteiger partial charge in [0.05, 0.1) is 0 Å². The molecule has 0 fully saturated rings. The predicted molar refractivity (Wildman–Crippen MR) is 73.9 cm³/mol. The number of carbonyl (C=O) groups is 1. The topological polar surface area (TPSA) is 42.4 Å². The molecule has 1 aliphatic rings. The molecule has 0 aliphatic carbocycles. The lowest BCUT2D eigenvalue weighted by atomic mass is 10.1. The van der Waals surface area contributed by atoms with Crippen molar-refractivity contribution in [3.05, 3.63) is 22.3 Å². The first-order valence-corrected chi connectivity index (χ1v) is 6.73. The summed E-state index contributed by atoms with van der Waals surface area (Å²) in [6.07, 6.45) is 1.37. The van der Waals surface area contributed by atoms with Crippen molar-refractivity contribution in [2.75, 3.05) is 11.4 Å². The van der Waals surface area contributed by atoms with E-state index in [-0.39, 0.29) is 12.0 Å². The van der Waals surface area contributed by atoms with Crippen LogP contribution in [-0.2, 0) is 4.74 Å². The molecule has 1 aromatic rings. The van der Waals surface area contributed by atoms with Crippen LogP contribution in [0.5, 0.6) is 0 Å². The Kier molecular flexibility index (Phi) is 3.36. The van der Waals surface area contributed by atoms with E-state index in [4.69, 9.17) is 4.74 Å². The lowest BCUT2D eigenvalue weighted by molar-refractivity contribution is 0.0581. The first kappa shape index (κ1) is 13.3. The Morgan fingerprint density at radius 1 is 1.56 bits per heavy atom. The highest BCUT2D eigenvalue weighted by molar-refractivity contribution is 9.10. The molecule has 5 heteroatoms. The van der Waals surface area contributed by atoms with E-state index in [0.29, 0.717) is 12.4 Å². The van der Waals surface area contributed by atoms with Gasteiger partial charge in [0.2, 0.25) is 0 Å². The van der Waals surface area contributed by atoms with Gasteiger partial charge < -0.3 is 4.74 Å². The summed E-state index contributed by atoms with van der Waals surface area (Å²) in [5.74, 6) is 0.984. The summed E-state index contributed by atoms with van der Waals surface area (Å²) in [4.78, 5) is 18.0. The number of ether oxygens (including phenoxy) is 1. The molecule has 0 aromatic carbocycles. The van der Waals surface area contributed by atoms with Crippen molar-refractivity contribution in [1.82, 2.24) is 4.98 Å². The van der Waals surface area contributed by atoms with Crippen LogP contribution in [0.15, 0.2) is 16.7 Å². The minimum absolute atomic E-state index is 0.275. The maximum absolute atomic E-state index is 12.1. The Bertz CT molecular complexity index is 482. The molecule has 18 heavy (non-hydrogen) atoms. The summed E-state index contributed by atoms with van der Waals surface area (Å²) < 4.78 is 6.32. The van der Waals surface area contributed by atoms with Crippen LogP contribution in [-0.4, -0.2) is 23.2 Å². The Morgan fingerprint density at radius 3 is 2.83 bits per heavy atom. The molecule has 1 aromatic heterocycles. The fourth-order valence-electron chi connectivity index (χ4n) is 1.97. The molecule has 0 N–H and O–H groups in total. The fraction of sp³-hybridized carbons (Fsp3) is 0.538. The lowest BCUT2D eigenvalue weighted by Crippen LogP contribution is -2.36. The third-order valence-corrected chi connectivity index (χ3v) is 3.15. The molecular formula is C13H17BrN2O2. The zero-order valence-electron chi connectivity index (χ0n) is 11.0. The number of halogens is 1. The van der Waals surface area contributed by atoms with E-state index in [2.05, 4.69) is 27.8 Å². The number of aromatic nitrogens is 1. The van der Waals surface area contributed by atoms with E-state index >= 15 is 0 Å². The van der Waals surface area contributed by atoms with Gasteiger partial charge in [-0.05, 0) is 42.8 Å². The minimum atomic E-state index is -0.488. The number of carbonyl (C=O) groups excluding carboxylic acids is 1. The number of fused-ring (bicyclic) bond motifs is 1. The van der Waals surface area contributed by atoms with Crippen molar-refractivity contribution in [3.8, 4) is 0 Å². The number of pyridine rings is 1. The zero-order chi connectivity index (χ0) is 13.5. The summed E-state index contributed by atoms with van der Waals surface area (Å²) >= 11 is 3.40. The second-order valence-electron chi connectivity index (χ2n) is 5.56. The molecule has 2 rings (SSSR count). The highest BCUT2D eigenvalue weighted by Gasteiger charge is 2.34. The van der Waals surface area contributed by atoms with Crippen molar-refractivity contribution in [2.24, 2.45) is 0 Å². The smallest absolute Gasteiger partial charge is 0.416 e. The SMILES string of the molecule is CC1CN(C(=O)OC(C)(C)C)c2ncc(Br)cc21. The van der Waals surface area contributed by atoms with Gasteiger partial charge >= 0.3 is 6.09 Å². The van der Waals surface area contributed by atoms with Crippen molar-refractivity contribution < 1.29 is 9.53 Å². The molecule has 1 amide bonds. The van der Waals surface area contributed by atoms with Gasteiger partial charge in [0.25, 0.3) is 0 Å². The average molecular weight is 313 g/mol. The van der Waals surface area contributed by atoms with E-state index in [9.17, 15) is 4.79 Å². The summed E-state index contributed by atoms with van der Waals surface area (Å²) in [6, 6.07) is 2.01. The summed E-state index contributed by atoms with van der Waals surface area (Å²) in [5, 5.41) is 0. The molecule has 1 unspecified atom stereocenters. The molecule has 98 valence electrons. The number of rotatable bonds is 0. The zero-order valence-corrected chi connectivity index (χ0v) is 12.6. The van der Waals surface area contributed by atoms with Crippen LogP contribution in [0.3, 0.4) is 0 Å². The van der Waals surface area contributed by atoms with Gasteiger partial charge in [0.1, 0.15) is 11.4 Å². The maximum atomic E-state index is 12.1. The second-order valence-corrected chi connectivity index (χ2v) is 6.47. The van der Waals surface area contributed by atoms with Crippen molar-refractivity contribution >= 4 is 27.8 Å². The third-order valence-electron chi connectivity index (χ3n) is 2.72. The van der Waals surface area contributed by atoms with E-state index in [1.54, 1.807) is 11.1 Å². The Hall–Kier alpha value is -1.10. The first-order chi connectivity index (χ1) is 8.28. The van der Waals surface area contributed by atoms with Crippen LogP contribution in [0.1, 0.15) is 39.2 Å². The molecule has 0 radical (unpaired) electrons. The molecule has 1 aliphatic heterocycles. The Morgan fingerprint density at radius 2 is 2.22 bits per heavy atom. The third kappa shape index (κ3) is 2.66. The first-order valence-electron chi connectivity index (χ1n) is 5.94. The second kappa shape index (κ2) is 4.53. The Balaban J connectivity index is 2.27. The van der Waals surface area contributed by atoms with Crippen LogP contribution in [0.25, 0.3) is 0 Å². The van der Waals surface area contributed by atoms with Crippen LogP contribution in [0.4, 0.5) is 10.6 Å². The fourth-order valence-corrected chi connectivity index (χ4v) is 2.32. The van der Waals surface area contributed by atoms with Gasteiger partial charge in [-0.1, -0.05) is 6.92 Å². The largest absolute Gasteiger partial charge is 0.443 e. The molecule has 1 atom stereocenters. The molecule has 2 heterocycles. The highest BCUT2D eigenvalue weighted by Crippen LogP contribution is 2.36. The molecule has 0 saturated carbocycles. The van der Waals surface area contributed by atoms with Crippen molar-refractivity contribution in [1.29, 1.82) is 0 Å². The molecular weight excluding hydrogens is 296 g/mol. The minimum Gasteiger partial charge on any atom is -0.443 e. The van der Waals surface area contributed by atoms with Crippen molar-refractivity contribution in [3.63, 3.8) is 0 Å². The standard InChI is InChI=1S/C13H17BrN2O2/c1-8-7-16(12(17)18-13(2,3)4)11-10(8)5-9(14)6-15-11/h5-6,8H,7H2,1-4H3. The normalized spacial score (nSPS) is 18.7. The predicted octanol–water partition coefficient (Wildman–Crippen LogP) is 3.70. The number of nitrogens with zero attached hydrogens (tertiary/aromatic N) is 2. The van der Waals surface area contributed by atoms with Crippen LogP contribution in [0.2, 0.25) is 0 Å². The molecule has 0 spiro atoms. The summed E-state index contributed by atoms with van der Waals surface area (Å²) in [5.41, 5.74) is 0.591. The van der Waals surface area contributed by atoms with E-state index in [0.717, 1.165) is 10.0 Å². The molecule has 0 bridgehead atoms. The van der Waals surface area contributed by atoms with Gasteiger partial charge in [0.15, 0.2) is 0 Å². The molecule has 0 saturated heterocycles. The van der Waals surface area contributed by atoms with Gasteiger partial charge in [-0.15, -0.1) is 0 Å². The number of amides is 1. The number of anilines is 1. The van der Waals surface area contributed by atoms with Gasteiger partial charge in [-0.25, -0.2) is 9.78 Å². The summed E-state index contributed by atoms with van der Waals surface area (Å²) in [7, 11) is 0. The van der Waals surface area contributed by atoms with Crippen LogP contribution < -0.4 is 4.90 Å².